The summed E-state index contributed by atoms with van der Waals surface area (Å²) < 4.78 is 0. The summed E-state index contributed by atoms with van der Waals surface area (Å²) in [7, 11) is 3.90. The molecule has 4 rings (SSSR count). The third-order valence-electron chi connectivity index (χ3n) is 5.82. The number of amides is 2. The molecule has 0 spiro atoms. The van der Waals surface area contributed by atoms with Crippen LogP contribution in [0.1, 0.15) is 22.3 Å². The maximum Gasteiger partial charge on any atom is 0.282 e. The van der Waals surface area contributed by atoms with Crippen molar-refractivity contribution in [3.8, 4) is 0 Å². The average molecular weight is 426 g/mol. The number of nitrogens with one attached hydrogen (secondary N) is 1. The van der Waals surface area contributed by atoms with Gasteiger partial charge in [-0.05, 0) is 73.9 Å². The molecule has 1 aliphatic rings. The third-order valence-corrected chi connectivity index (χ3v) is 5.82. The number of hydrogen-bond acceptors (Lipinski definition) is 4. The van der Waals surface area contributed by atoms with Crippen molar-refractivity contribution >= 4 is 34.4 Å². The van der Waals surface area contributed by atoms with Gasteiger partial charge in [0.05, 0.1) is 11.3 Å². The monoisotopic (exact) mass is 425 g/mol. The topological polar surface area (TPSA) is 52.7 Å². The van der Waals surface area contributed by atoms with Crippen LogP contribution in [0.4, 0.5) is 17.1 Å². The third kappa shape index (κ3) is 3.89. The fraction of sp³-hybridized carbons (Fsp3) is 0.185. The second-order valence-electron chi connectivity index (χ2n) is 8.40. The Balaban J connectivity index is 1.79. The van der Waals surface area contributed by atoms with Gasteiger partial charge in [0.15, 0.2) is 0 Å². The van der Waals surface area contributed by atoms with Crippen molar-refractivity contribution in [3.63, 3.8) is 0 Å². The highest BCUT2D eigenvalue weighted by molar-refractivity contribution is 6.46. The van der Waals surface area contributed by atoms with E-state index < -0.39 is 0 Å². The minimum absolute atomic E-state index is 0.291. The number of carbonyl (C=O) groups is 2. The van der Waals surface area contributed by atoms with Gasteiger partial charge in [0.1, 0.15) is 5.70 Å². The highest BCUT2D eigenvalue weighted by Gasteiger charge is 2.40. The van der Waals surface area contributed by atoms with E-state index in [2.05, 4.69) is 5.32 Å². The van der Waals surface area contributed by atoms with Gasteiger partial charge in [0.25, 0.3) is 11.8 Å². The summed E-state index contributed by atoms with van der Waals surface area (Å²) in [5.74, 6) is -0.691. The first-order chi connectivity index (χ1) is 15.3. The van der Waals surface area contributed by atoms with Crippen LogP contribution in [0.25, 0.3) is 5.57 Å². The lowest BCUT2D eigenvalue weighted by atomic mass is 10.0. The first-order valence-corrected chi connectivity index (χ1v) is 10.6. The molecule has 0 saturated heterocycles. The molecule has 0 aromatic heterocycles. The molecule has 5 heteroatoms. The summed E-state index contributed by atoms with van der Waals surface area (Å²) >= 11 is 0. The van der Waals surface area contributed by atoms with E-state index in [-0.39, 0.29) is 11.8 Å². The smallest absolute Gasteiger partial charge is 0.282 e. The molecule has 0 aliphatic carbocycles. The fourth-order valence-corrected chi connectivity index (χ4v) is 3.73. The van der Waals surface area contributed by atoms with Gasteiger partial charge in [0, 0.05) is 25.5 Å². The lowest BCUT2D eigenvalue weighted by Gasteiger charge is -2.18. The minimum atomic E-state index is -0.360. The predicted molar refractivity (Wildman–Crippen MR) is 131 cm³/mol. The van der Waals surface area contributed by atoms with Crippen LogP contribution >= 0.6 is 0 Å². The largest absolute Gasteiger partial charge is 0.378 e. The Hall–Kier alpha value is -3.86. The Morgan fingerprint density at radius 1 is 0.750 bits per heavy atom. The zero-order valence-electron chi connectivity index (χ0n) is 19.1. The summed E-state index contributed by atoms with van der Waals surface area (Å²) in [5.41, 5.74) is 7.07. The van der Waals surface area contributed by atoms with E-state index >= 15 is 0 Å². The molecule has 0 fully saturated rings. The Kier molecular flexibility index (Phi) is 5.57. The van der Waals surface area contributed by atoms with Gasteiger partial charge >= 0.3 is 0 Å². The van der Waals surface area contributed by atoms with Gasteiger partial charge in [0.2, 0.25) is 0 Å². The summed E-state index contributed by atoms with van der Waals surface area (Å²) in [6.07, 6.45) is 0. The number of benzene rings is 3. The summed E-state index contributed by atoms with van der Waals surface area (Å²) in [5, 5.41) is 3.24. The van der Waals surface area contributed by atoms with Crippen molar-refractivity contribution in [2.75, 3.05) is 29.2 Å². The quantitative estimate of drug-likeness (QED) is 0.580. The van der Waals surface area contributed by atoms with Crippen LogP contribution in [0.5, 0.6) is 0 Å². The van der Waals surface area contributed by atoms with Crippen molar-refractivity contribution in [1.82, 2.24) is 0 Å². The molecule has 0 unspecified atom stereocenters. The molecular formula is C27H27N3O2. The van der Waals surface area contributed by atoms with Crippen molar-refractivity contribution in [2.45, 2.75) is 20.8 Å². The van der Waals surface area contributed by atoms with Gasteiger partial charge in [-0.15, -0.1) is 0 Å². The zero-order chi connectivity index (χ0) is 23.0. The Morgan fingerprint density at radius 2 is 1.41 bits per heavy atom. The van der Waals surface area contributed by atoms with Gasteiger partial charge in [-0.3, -0.25) is 9.59 Å². The summed E-state index contributed by atoms with van der Waals surface area (Å²) in [4.78, 5) is 30.3. The second kappa shape index (κ2) is 8.35. The number of aryl methyl sites for hydroxylation is 3. The number of hydrogen-bond donors (Lipinski definition) is 1. The number of imide groups is 1. The maximum atomic E-state index is 13.5. The van der Waals surface area contributed by atoms with Crippen molar-refractivity contribution in [1.29, 1.82) is 0 Å². The second-order valence-corrected chi connectivity index (χ2v) is 8.40. The molecular weight excluding hydrogens is 398 g/mol. The van der Waals surface area contributed by atoms with Crippen LogP contribution < -0.4 is 15.1 Å². The van der Waals surface area contributed by atoms with E-state index in [0.717, 1.165) is 22.5 Å². The first-order valence-electron chi connectivity index (χ1n) is 10.6. The molecule has 0 atom stereocenters. The fourth-order valence-electron chi connectivity index (χ4n) is 3.73. The molecule has 32 heavy (non-hydrogen) atoms. The average Bonchev–Trinajstić information content (AvgIpc) is 3.01. The Bertz CT molecular complexity index is 1220. The molecule has 1 aliphatic heterocycles. The minimum Gasteiger partial charge on any atom is -0.378 e. The molecule has 0 bridgehead atoms. The SMILES string of the molecule is Cc1ccc(C2=C(Nc3ccc(C)c(C)c3)C(=O)N(c3ccc(N(C)C)cc3)C2=O)cc1. The van der Waals surface area contributed by atoms with Crippen LogP contribution in [0.15, 0.2) is 72.4 Å². The van der Waals surface area contributed by atoms with Crippen LogP contribution in [-0.4, -0.2) is 25.9 Å². The standard InChI is InChI=1S/C27H27N3O2/c1-17-6-9-20(10-7-17)24-25(28-21-11-8-18(2)19(3)16-21)27(32)30(26(24)31)23-14-12-22(13-15-23)29(4)5/h6-16,28H,1-5H3. The molecule has 5 nitrogen and oxygen atoms in total. The van der Waals surface area contributed by atoms with E-state index in [0.29, 0.717) is 22.5 Å². The first kappa shape index (κ1) is 21.4. The molecule has 0 saturated carbocycles. The lowest BCUT2D eigenvalue weighted by molar-refractivity contribution is -0.120. The summed E-state index contributed by atoms with van der Waals surface area (Å²) in [6, 6.07) is 21.0. The van der Waals surface area contributed by atoms with Gasteiger partial charge in [-0.25, -0.2) is 4.90 Å². The highest BCUT2D eigenvalue weighted by atomic mass is 16.2. The van der Waals surface area contributed by atoms with E-state index in [4.69, 9.17) is 0 Å². The van der Waals surface area contributed by atoms with Crippen LogP contribution in [-0.2, 0) is 9.59 Å². The van der Waals surface area contributed by atoms with Gasteiger partial charge in [-0.2, -0.15) is 0 Å². The zero-order valence-corrected chi connectivity index (χ0v) is 19.1. The Morgan fingerprint density at radius 3 is 2.00 bits per heavy atom. The van der Waals surface area contributed by atoms with Gasteiger partial charge in [-0.1, -0.05) is 35.9 Å². The molecule has 2 amide bonds. The molecule has 1 N–H and O–H groups in total. The van der Waals surface area contributed by atoms with E-state index in [1.807, 2.05) is 94.4 Å². The highest BCUT2D eigenvalue weighted by Crippen LogP contribution is 2.34. The lowest BCUT2D eigenvalue weighted by Crippen LogP contribution is -2.32. The molecule has 1 heterocycles. The van der Waals surface area contributed by atoms with Crippen molar-refractivity contribution in [3.05, 3.63) is 94.7 Å². The number of carbonyl (C=O) groups excluding carboxylic acids is 2. The number of anilines is 3. The van der Waals surface area contributed by atoms with Crippen LogP contribution in [0, 0.1) is 20.8 Å². The molecule has 3 aromatic rings. The van der Waals surface area contributed by atoms with E-state index in [1.54, 1.807) is 12.1 Å². The van der Waals surface area contributed by atoms with E-state index in [1.165, 1.54) is 10.5 Å². The maximum absolute atomic E-state index is 13.5. The predicted octanol–water partition coefficient (Wildman–Crippen LogP) is 5.07. The van der Waals surface area contributed by atoms with Crippen molar-refractivity contribution in [2.24, 2.45) is 0 Å². The van der Waals surface area contributed by atoms with E-state index in [9.17, 15) is 9.59 Å². The number of rotatable bonds is 5. The van der Waals surface area contributed by atoms with Crippen LogP contribution in [0.3, 0.4) is 0 Å². The molecule has 162 valence electrons. The van der Waals surface area contributed by atoms with Crippen molar-refractivity contribution < 1.29 is 9.59 Å². The molecule has 3 aromatic carbocycles. The number of nitrogens with zero attached hydrogens (tertiary/aromatic N) is 2. The molecule has 0 radical (unpaired) electrons. The van der Waals surface area contributed by atoms with Crippen LogP contribution in [0.2, 0.25) is 0 Å². The summed E-state index contributed by atoms with van der Waals surface area (Å²) in [6.45, 7) is 6.06. The Labute approximate surface area is 189 Å². The normalized spacial score (nSPS) is 13.7. The van der Waals surface area contributed by atoms with Gasteiger partial charge < -0.3 is 10.2 Å².